The zero-order valence-electron chi connectivity index (χ0n) is 21.1. The van der Waals surface area contributed by atoms with Crippen LogP contribution in [0.15, 0.2) is 47.0 Å². The summed E-state index contributed by atoms with van der Waals surface area (Å²) in [6.07, 6.45) is 7.29. The SMILES string of the molecule is O=C(CSc1ccncc1)NC[C@H]1CCCN1C(=O)CN1CCC[C@H](NS(=O)(=O)/C=C/c2ccc(Cl)s2)C1=O. The first-order valence-electron chi connectivity index (χ1n) is 12.5. The molecule has 2 aliphatic rings. The van der Waals surface area contributed by atoms with Crippen molar-refractivity contribution in [2.24, 2.45) is 0 Å². The lowest BCUT2D eigenvalue weighted by atomic mass is 10.1. The van der Waals surface area contributed by atoms with Crippen LogP contribution in [0.2, 0.25) is 4.34 Å². The van der Waals surface area contributed by atoms with Gasteiger partial charge in [0.05, 0.1) is 16.6 Å². The van der Waals surface area contributed by atoms with Crippen molar-refractivity contribution >= 4 is 68.5 Å². The molecule has 2 aromatic rings. The van der Waals surface area contributed by atoms with E-state index in [0.29, 0.717) is 41.7 Å². The number of hydrogen-bond donors (Lipinski definition) is 2. The Bertz CT molecular complexity index is 1300. The second-order valence-corrected chi connectivity index (χ2v) is 13.6. The van der Waals surface area contributed by atoms with E-state index in [1.165, 1.54) is 34.1 Å². The van der Waals surface area contributed by atoms with Crippen LogP contribution in [0.3, 0.4) is 0 Å². The van der Waals surface area contributed by atoms with Crippen molar-refractivity contribution in [1.82, 2.24) is 24.8 Å². The van der Waals surface area contributed by atoms with Crippen molar-refractivity contribution < 1.29 is 22.8 Å². The summed E-state index contributed by atoms with van der Waals surface area (Å²) in [4.78, 5) is 47.2. The van der Waals surface area contributed by atoms with E-state index in [1.807, 2.05) is 12.1 Å². The van der Waals surface area contributed by atoms with E-state index < -0.39 is 22.0 Å². The quantitative estimate of drug-likeness (QED) is 0.374. The Balaban J connectivity index is 1.26. The number of piperidine rings is 1. The lowest BCUT2D eigenvalue weighted by molar-refractivity contribution is -0.143. The summed E-state index contributed by atoms with van der Waals surface area (Å²) in [6.45, 7) is 1.16. The van der Waals surface area contributed by atoms with Gasteiger partial charge in [-0.15, -0.1) is 23.1 Å². The highest BCUT2D eigenvalue weighted by atomic mass is 35.5. The minimum absolute atomic E-state index is 0.117. The second kappa shape index (κ2) is 13.8. The molecule has 0 spiro atoms. The summed E-state index contributed by atoms with van der Waals surface area (Å²) in [5.74, 6) is -0.471. The lowest BCUT2D eigenvalue weighted by Crippen LogP contribution is -2.55. The number of nitrogens with one attached hydrogen (secondary N) is 2. The topological polar surface area (TPSA) is 129 Å². The van der Waals surface area contributed by atoms with Gasteiger partial charge in [0.1, 0.15) is 6.04 Å². The first kappa shape index (κ1) is 29.5. The Hall–Kier alpha value is -2.45. The van der Waals surface area contributed by atoms with Crippen LogP contribution in [0.5, 0.6) is 0 Å². The molecule has 4 rings (SSSR count). The number of thiophene rings is 1. The molecule has 2 N–H and O–H groups in total. The molecule has 0 saturated carbocycles. The molecule has 0 aromatic carbocycles. The standard InChI is InChI=1S/C25H30ClN5O5S3/c26-22-6-5-20(38-22)9-14-39(35,36)29-21-4-2-12-30(25(21)34)16-24(33)31-13-1-3-18(31)15-28-23(32)17-37-19-7-10-27-11-8-19/h5-11,14,18,21,29H,1-4,12-13,15-17H2,(H,28,32)/b14-9+/t18-,21+/m1/s1. The molecule has 0 radical (unpaired) electrons. The van der Waals surface area contributed by atoms with Gasteiger partial charge in [0.25, 0.3) is 0 Å². The van der Waals surface area contributed by atoms with Crippen LogP contribution in [0.1, 0.15) is 30.6 Å². The van der Waals surface area contributed by atoms with Crippen molar-refractivity contribution in [3.05, 3.63) is 51.3 Å². The third kappa shape index (κ3) is 8.77. The van der Waals surface area contributed by atoms with E-state index >= 15 is 0 Å². The van der Waals surface area contributed by atoms with Crippen LogP contribution in [0, 0.1) is 0 Å². The van der Waals surface area contributed by atoms with Gasteiger partial charge in [-0.25, -0.2) is 8.42 Å². The number of carbonyl (C=O) groups excluding carboxylic acids is 3. The van der Waals surface area contributed by atoms with Crippen LogP contribution in [0.4, 0.5) is 0 Å². The number of rotatable bonds is 11. The summed E-state index contributed by atoms with van der Waals surface area (Å²) >= 11 is 8.54. The van der Waals surface area contributed by atoms with Crippen molar-refractivity contribution in [2.45, 2.75) is 42.7 Å². The van der Waals surface area contributed by atoms with Crippen molar-refractivity contribution in [1.29, 1.82) is 0 Å². The fourth-order valence-electron chi connectivity index (χ4n) is 4.52. The highest BCUT2D eigenvalue weighted by Crippen LogP contribution is 2.23. The minimum atomic E-state index is -3.87. The summed E-state index contributed by atoms with van der Waals surface area (Å²) in [5.41, 5.74) is 0. The van der Waals surface area contributed by atoms with Crippen molar-refractivity contribution in [3.63, 3.8) is 0 Å². The zero-order valence-corrected chi connectivity index (χ0v) is 24.3. The minimum Gasteiger partial charge on any atom is -0.353 e. The zero-order chi connectivity index (χ0) is 27.8. The van der Waals surface area contributed by atoms with Gasteiger partial charge >= 0.3 is 0 Å². The van der Waals surface area contributed by atoms with Gasteiger partial charge in [-0.2, -0.15) is 4.72 Å². The van der Waals surface area contributed by atoms with Crippen LogP contribution >= 0.6 is 34.7 Å². The van der Waals surface area contributed by atoms with E-state index in [9.17, 15) is 22.8 Å². The van der Waals surface area contributed by atoms with E-state index in [1.54, 1.807) is 29.4 Å². The average molecular weight is 612 g/mol. The first-order chi connectivity index (χ1) is 18.7. The fraction of sp³-hybridized carbons (Fsp3) is 0.440. The largest absolute Gasteiger partial charge is 0.353 e. The molecule has 0 aliphatic carbocycles. The third-order valence-corrected chi connectivity index (χ3v) is 9.74. The normalized spacial score (nSPS) is 20.1. The van der Waals surface area contributed by atoms with E-state index in [4.69, 9.17) is 11.6 Å². The highest BCUT2D eigenvalue weighted by molar-refractivity contribution is 8.00. The van der Waals surface area contributed by atoms with Crippen LogP contribution < -0.4 is 10.0 Å². The molecule has 2 aromatic heterocycles. The first-order valence-corrected chi connectivity index (χ1v) is 16.3. The van der Waals surface area contributed by atoms with E-state index in [2.05, 4.69) is 15.0 Å². The maximum atomic E-state index is 13.1. The Morgan fingerprint density at radius 1 is 1.15 bits per heavy atom. The smallest absolute Gasteiger partial charge is 0.242 e. The third-order valence-electron chi connectivity index (χ3n) is 6.42. The molecular formula is C25H30ClN5O5S3. The summed E-state index contributed by atoms with van der Waals surface area (Å²) < 4.78 is 28.1. The van der Waals surface area contributed by atoms with Crippen LogP contribution in [-0.2, 0) is 24.4 Å². The number of nitrogens with zero attached hydrogens (tertiary/aromatic N) is 3. The number of sulfonamides is 1. The van der Waals surface area contributed by atoms with Gasteiger partial charge in [-0.3, -0.25) is 19.4 Å². The molecule has 4 heterocycles. The number of carbonyl (C=O) groups is 3. The predicted molar refractivity (Wildman–Crippen MR) is 153 cm³/mol. The van der Waals surface area contributed by atoms with Gasteiger partial charge in [0.2, 0.25) is 27.7 Å². The van der Waals surface area contributed by atoms with Crippen LogP contribution in [0.25, 0.3) is 6.08 Å². The molecule has 2 atom stereocenters. The molecule has 3 amide bonds. The molecule has 39 heavy (non-hydrogen) atoms. The average Bonchev–Trinajstić information content (AvgIpc) is 3.57. The maximum absolute atomic E-state index is 13.1. The predicted octanol–water partition coefficient (Wildman–Crippen LogP) is 2.58. The number of pyridine rings is 1. The number of aromatic nitrogens is 1. The molecule has 10 nitrogen and oxygen atoms in total. The van der Waals surface area contributed by atoms with E-state index in [0.717, 1.165) is 23.1 Å². The van der Waals surface area contributed by atoms with Gasteiger partial charge in [0, 0.05) is 53.3 Å². The molecule has 2 aliphatic heterocycles. The molecule has 14 heteroatoms. The molecular weight excluding hydrogens is 582 g/mol. The van der Waals surface area contributed by atoms with E-state index in [-0.39, 0.29) is 30.2 Å². The number of amides is 3. The van der Waals surface area contributed by atoms with Gasteiger partial charge in [-0.05, 0) is 56.0 Å². The monoisotopic (exact) mass is 611 g/mol. The number of likely N-dealkylation sites (tertiary alicyclic amines) is 2. The summed E-state index contributed by atoms with van der Waals surface area (Å²) in [7, 11) is -3.87. The Morgan fingerprint density at radius 2 is 1.92 bits per heavy atom. The number of halogens is 1. The van der Waals surface area contributed by atoms with Crippen molar-refractivity contribution in [2.75, 3.05) is 31.9 Å². The van der Waals surface area contributed by atoms with Crippen molar-refractivity contribution in [3.8, 4) is 0 Å². The van der Waals surface area contributed by atoms with Gasteiger partial charge in [0.15, 0.2) is 0 Å². The molecule has 0 unspecified atom stereocenters. The fourth-order valence-corrected chi connectivity index (χ4v) is 7.30. The maximum Gasteiger partial charge on any atom is 0.242 e. The summed E-state index contributed by atoms with van der Waals surface area (Å²) in [6, 6.07) is 5.98. The second-order valence-electron chi connectivity index (χ2n) is 9.22. The highest BCUT2D eigenvalue weighted by Gasteiger charge is 2.35. The Labute approximate surface area is 241 Å². The van der Waals surface area contributed by atoms with Gasteiger partial charge < -0.3 is 15.1 Å². The molecule has 210 valence electrons. The van der Waals surface area contributed by atoms with Gasteiger partial charge in [-0.1, -0.05) is 11.6 Å². The molecule has 2 fully saturated rings. The lowest BCUT2D eigenvalue weighted by Gasteiger charge is -2.34. The summed E-state index contributed by atoms with van der Waals surface area (Å²) in [5, 5.41) is 3.93. The molecule has 2 saturated heterocycles. The Kier molecular flexibility index (Phi) is 10.4. The Morgan fingerprint density at radius 3 is 2.67 bits per heavy atom. The van der Waals surface area contributed by atoms with Crippen LogP contribution in [-0.4, -0.2) is 84.9 Å². The number of hydrogen-bond acceptors (Lipinski definition) is 8. The molecule has 0 bridgehead atoms. The number of thioether (sulfide) groups is 1.